The first-order chi connectivity index (χ1) is 17.6. The Kier molecular flexibility index (Phi) is 7.33. The average molecular weight is 519 g/mol. The number of cyclic esters (lactones) is 1. The van der Waals surface area contributed by atoms with Crippen molar-refractivity contribution in [3.05, 3.63) is 23.3 Å². The minimum atomic E-state index is -0.614. The summed E-state index contributed by atoms with van der Waals surface area (Å²) >= 11 is 0. The van der Waals surface area contributed by atoms with Crippen LogP contribution in [-0.4, -0.2) is 73.0 Å². The van der Waals surface area contributed by atoms with Gasteiger partial charge in [0, 0.05) is 24.3 Å². The van der Waals surface area contributed by atoms with E-state index in [9.17, 15) is 14.7 Å². The molecule has 8 atom stereocenters. The Balaban J connectivity index is 1.46. The fourth-order valence-electron chi connectivity index (χ4n) is 7.32. The zero-order valence-electron chi connectivity index (χ0n) is 22.6. The molecule has 0 aromatic rings. The Hall–Kier alpha value is -1.74. The highest BCUT2D eigenvalue weighted by molar-refractivity contribution is 5.82. The van der Waals surface area contributed by atoms with E-state index in [0.717, 1.165) is 24.8 Å². The number of rotatable bonds is 1. The summed E-state index contributed by atoms with van der Waals surface area (Å²) in [6.45, 7) is 9.02. The van der Waals surface area contributed by atoms with E-state index < -0.39 is 28.5 Å². The van der Waals surface area contributed by atoms with Gasteiger partial charge in [0.15, 0.2) is 0 Å². The predicted molar refractivity (Wildman–Crippen MR) is 135 cm³/mol. The van der Waals surface area contributed by atoms with Gasteiger partial charge in [-0.05, 0) is 52.9 Å². The highest BCUT2D eigenvalue weighted by atomic mass is 16.6. The molecule has 5 rings (SSSR count). The molecule has 0 aromatic carbocycles. The number of ether oxygens (including phenoxy) is 5. The monoisotopic (exact) mass is 518 g/mol. The second kappa shape index (κ2) is 10.1. The summed E-state index contributed by atoms with van der Waals surface area (Å²) < 4.78 is 30.9. The Bertz CT molecular complexity index is 965. The van der Waals surface area contributed by atoms with E-state index in [1.807, 2.05) is 6.92 Å². The maximum absolute atomic E-state index is 13.1. The number of carbonyl (C=O) groups excluding carboxylic acids is 2. The zero-order chi connectivity index (χ0) is 26.4. The van der Waals surface area contributed by atoms with E-state index in [2.05, 4.69) is 19.9 Å². The molecule has 3 aliphatic heterocycles. The van der Waals surface area contributed by atoms with Crippen molar-refractivity contribution in [1.82, 2.24) is 0 Å². The van der Waals surface area contributed by atoms with E-state index in [-0.39, 0.29) is 37.0 Å². The van der Waals surface area contributed by atoms with Crippen LogP contribution < -0.4 is 0 Å². The fraction of sp³-hybridized carbons (Fsp3) is 0.793. The summed E-state index contributed by atoms with van der Waals surface area (Å²) in [5.41, 5.74) is 0.503. The van der Waals surface area contributed by atoms with Crippen LogP contribution in [0.25, 0.3) is 0 Å². The zero-order valence-corrected chi connectivity index (χ0v) is 22.6. The highest BCUT2D eigenvalue weighted by Crippen LogP contribution is 2.72. The smallest absolute Gasteiger partial charge is 0.330 e. The van der Waals surface area contributed by atoms with Crippen molar-refractivity contribution < 1.29 is 38.4 Å². The number of hydrogen-bond donors (Lipinski definition) is 1. The highest BCUT2D eigenvalue weighted by Gasteiger charge is 2.83. The van der Waals surface area contributed by atoms with Crippen molar-refractivity contribution in [2.45, 2.75) is 115 Å². The maximum atomic E-state index is 13.1. The molecule has 2 bridgehead atoms. The van der Waals surface area contributed by atoms with E-state index in [1.165, 1.54) is 11.6 Å². The van der Waals surface area contributed by atoms with E-state index in [0.29, 0.717) is 45.3 Å². The molecule has 0 radical (unpaired) electrons. The molecule has 0 unspecified atom stereocenters. The van der Waals surface area contributed by atoms with Crippen LogP contribution in [0, 0.1) is 10.8 Å². The molecule has 1 N–H and O–H groups in total. The second-order valence-electron chi connectivity index (χ2n) is 12.1. The van der Waals surface area contributed by atoms with Gasteiger partial charge in [-0.1, -0.05) is 30.6 Å². The molecule has 8 nitrogen and oxygen atoms in total. The van der Waals surface area contributed by atoms with Crippen molar-refractivity contribution in [3.8, 4) is 0 Å². The Labute approximate surface area is 219 Å². The topological polar surface area (TPSA) is 104 Å². The first kappa shape index (κ1) is 26.9. The normalized spacial score (nSPS) is 45.3. The van der Waals surface area contributed by atoms with Gasteiger partial charge in [-0.3, -0.25) is 4.79 Å². The van der Waals surface area contributed by atoms with Gasteiger partial charge in [-0.25, -0.2) is 4.79 Å². The number of carbonyl (C=O) groups is 2. The lowest BCUT2D eigenvalue weighted by molar-refractivity contribution is -0.232. The predicted octanol–water partition coefficient (Wildman–Crippen LogP) is 3.79. The van der Waals surface area contributed by atoms with E-state index in [1.54, 1.807) is 6.92 Å². The maximum Gasteiger partial charge on any atom is 0.330 e. The fourth-order valence-corrected chi connectivity index (χ4v) is 7.32. The SMILES string of the molecule is CC1=C[C@H]2O[C@@H]3C[C@H]4OC(=O)CCCC[C@H]([C@H](C)O)OCC/C(C)=C/C(=O)OC[C@@]2(CC1)[C@]4(C)[C@]31CO1. The Morgan fingerprint density at radius 3 is 2.57 bits per heavy atom. The molecular weight excluding hydrogens is 476 g/mol. The van der Waals surface area contributed by atoms with Crippen LogP contribution in [0.4, 0.5) is 0 Å². The van der Waals surface area contributed by atoms with Crippen LogP contribution in [0.2, 0.25) is 0 Å². The molecular formula is C29H42O8. The molecule has 8 heteroatoms. The van der Waals surface area contributed by atoms with E-state index >= 15 is 0 Å². The number of aliphatic hydroxyl groups excluding tert-OH is 1. The van der Waals surface area contributed by atoms with Gasteiger partial charge in [-0.2, -0.15) is 0 Å². The van der Waals surface area contributed by atoms with Crippen LogP contribution in [-0.2, 0) is 33.3 Å². The Morgan fingerprint density at radius 2 is 1.84 bits per heavy atom. The quantitative estimate of drug-likeness (QED) is 0.318. The molecule has 3 heterocycles. The van der Waals surface area contributed by atoms with Gasteiger partial charge in [0.2, 0.25) is 0 Å². The summed E-state index contributed by atoms with van der Waals surface area (Å²) in [4.78, 5) is 26.0. The lowest BCUT2D eigenvalue weighted by atomic mass is 9.51. The summed E-state index contributed by atoms with van der Waals surface area (Å²) in [5, 5.41) is 10.1. The lowest BCUT2D eigenvalue weighted by Gasteiger charge is -2.58. The standard InChI is InChI=1S/C29H42O8/c1-18-9-11-28-16-34-26(32)14-19(2)10-12-33-21(20(3)30)7-5-6-8-25(31)37-22-15-24(36-23(28)13-18)29(17-35-29)27(22,28)4/h13-14,20-24,30H,5-12,15-17H2,1-4H3/b19-14+/t20-,21+,22+,23+,24+,27+,28+,29-/m0/s1. The van der Waals surface area contributed by atoms with Crippen LogP contribution in [0.15, 0.2) is 23.3 Å². The summed E-state index contributed by atoms with van der Waals surface area (Å²) in [7, 11) is 0. The third-order valence-electron chi connectivity index (χ3n) is 9.81. The van der Waals surface area contributed by atoms with Gasteiger partial charge < -0.3 is 28.8 Å². The molecule has 0 amide bonds. The molecule has 1 saturated carbocycles. The van der Waals surface area contributed by atoms with E-state index in [4.69, 9.17) is 23.7 Å². The lowest BCUT2D eigenvalue weighted by Crippen LogP contribution is -2.66. The minimum Gasteiger partial charge on any atom is -0.462 e. The number of esters is 2. The van der Waals surface area contributed by atoms with Gasteiger partial charge in [0.25, 0.3) is 0 Å². The van der Waals surface area contributed by atoms with Crippen molar-refractivity contribution in [1.29, 1.82) is 0 Å². The average Bonchev–Trinajstić information content (AvgIpc) is 3.61. The first-order valence-corrected chi connectivity index (χ1v) is 13.9. The number of epoxide rings is 1. The molecule has 206 valence electrons. The summed E-state index contributed by atoms with van der Waals surface area (Å²) in [5.74, 6) is -0.622. The molecule has 3 fully saturated rings. The third kappa shape index (κ3) is 4.58. The largest absolute Gasteiger partial charge is 0.462 e. The van der Waals surface area contributed by atoms with Crippen molar-refractivity contribution >= 4 is 11.9 Å². The van der Waals surface area contributed by atoms with Crippen molar-refractivity contribution in [2.24, 2.45) is 10.8 Å². The third-order valence-corrected chi connectivity index (χ3v) is 9.81. The summed E-state index contributed by atoms with van der Waals surface area (Å²) in [6.07, 6.45) is 7.18. The molecule has 2 spiro atoms. The Morgan fingerprint density at radius 1 is 1.05 bits per heavy atom. The van der Waals surface area contributed by atoms with Gasteiger partial charge in [0.1, 0.15) is 18.3 Å². The molecule has 2 saturated heterocycles. The van der Waals surface area contributed by atoms with Gasteiger partial charge in [-0.15, -0.1) is 0 Å². The van der Waals surface area contributed by atoms with Gasteiger partial charge in [0.05, 0.1) is 43.0 Å². The van der Waals surface area contributed by atoms with Crippen molar-refractivity contribution in [2.75, 3.05) is 19.8 Å². The van der Waals surface area contributed by atoms with Crippen LogP contribution in [0.5, 0.6) is 0 Å². The minimum absolute atomic E-state index is 0.161. The van der Waals surface area contributed by atoms with Gasteiger partial charge >= 0.3 is 11.9 Å². The molecule has 0 aromatic heterocycles. The molecule has 5 aliphatic rings. The first-order valence-electron chi connectivity index (χ1n) is 13.9. The number of hydrogen-bond acceptors (Lipinski definition) is 8. The molecule has 2 aliphatic carbocycles. The second-order valence-corrected chi connectivity index (χ2v) is 12.1. The molecule has 37 heavy (non-hydrogen) atoms. The number of aliphatic hydroxyl groups is 1. The number of allylic oxidation sites excluding steroid dienone is 1. The van der Waals surface area contributed by atoms with Crippen LogP contribution >= 0.6 is 0 Å². The van der Waals surface area contributed by atoms with Crippen LogP contribution in [0.3, 0.4) is 0 Å². The van der Waals surface area contributed by atoms with Crippen molar-refractivity contribution in [3.63, 3.8) is 0 Å². The van der Waals surface area contributed by atoms with Crippen LogP contribution in [0.1, 0.15) is 79.1 Å². The summed E-state index contributed by atoms with van der Waals surface area (Å²) in [6, 6.07) is 0.